The van der Waals surface area contributed by atoms with Crippen molar-refractivity contribution in [3.8, 4) is 0 Å². The molecule has 4 N–H and O–H groups in total. The van der Waals surface area contributed by atoms with E-state index in [2.05, 4.69) is 15.0 Å². The summed E-state index contributed by atoms with van der Waals surface area (Å²) in [5.41, 5.74) is 5.22. The van der Waals surface area contributed by atoms with Crippen LogP contribution in [0.15, 0.2) is 23.2 Å². The number of pyridine rings is 1. The van der Waals surface area contributed by atoms with Gasteiger partial charge < -0.3 is 11.1 Å². The Kier molecular flexibility index (Phi) is 5.46. The molecule has 0 bridgehead atoms. The van der Waals surface area contributed by atoms with E-state index in [0.29, 0.717) is 6.54 Å². The number of sulfonamides is 1. The molecule has 0 fully saturated rings. The first-order valence-corrected chi connectivity index (χ1v) is 7.78. The van der Waals surface area contributed by atoms with Gasteiger partial charge in [-0.3, -0.25) is 4.79 Å². The minimum absolute atomic E-state index is 0.00579. The fourth-order valence-corrected chi connectivity index (χ4v) is 3.15. The summed E-state index contributed by atoms with van der Waals surface area (Å²) in [5, 5.41) is 2.87. The predicted octanol–water partition coefficient (Wildman–Crippen LogP) is 0.302. The number of hydrogen-bond acceptors (Lipinski definition) is 5. The zero-order chi connectivity index (χ0) is 15.3. The molecule has 112 valence electrons. The molecule has 1 amide bonds. The van der Waals surface area contributed by atoms with Gasteiger partial charge in [-0.25, -0.2) is 13.4 Å². The quantitative estimate of drug-likeness (QED) is 0.670. The highest BCUT2D eigenvalue weighted by Crippen LogP contribution is 2.18. The van der Waals surface area contributed by atoms with Crippen LogP contribution in [-0.4, -0.2) is 31.9 Å². The second-order valence-electron chi connectivity index (χ2n) is 4.63. The van der Waals surface area contributed by atoms with Gasteiger partial charge in [0.05, 0.1) is 0 Å². The maximum atomic E-state index is 12.3. The number of hydrogen-bond donors (Lipinski definition) is 3. The van der Waals surface area contributed by atoms with Crippen LogP contribution < -0.4 is 15.8 Å². The second kappa shape index (κ2) is 6.67. The normalized spacial score (nSPS) is 13.2. The Labute approximate surface area is 119 Å². The molecule has 0 aliphatic heterocycles. The van der Waals surface area contributed by atoms with Crippen LogP contribution in [0.3, 0.4) is 0 Å². The van der Waals surface area contributed by atoms with Gasteiger partial charge in [0.25, 0.3) is 0 Å². The van der Waals surface area contributed by atoms with E-state index >= 15 is 0 Å². The van der Waals surface area contributed by atoms with Crippen LogP contribution in [0.5, 0.6) is 0 Å². The van der Waals surface area contributed by atoms with Gasteiger partial charge in [-0.15, -0.1) is 0 Å². The lowest BCUT2D eigenvalue weighted by atomic mass is 10.1. The fourth-order valence-electron chi connectivity index (χ4n) is 1.66. The minimum atomic E-state index is -3.88. The van der Waals surface area contributed by atoms with E-state index in [9.17, 15) is 13.2 Å². The Balaban J connectivity index is 3.14. The maximum Gasteiger partial charge on any atom is 0.244 e. The van der Waals surface area contributed by atoms with E-state index in [0.717, 1.165) is 0 Å². The van der Waals surface area contributed by atoms with Gasteiger partial charge in [-0.1, -0.05) is 13.8 Å². The Bertz CT molecular complexity index is 572. The number of anilines is 1. The van der Waals surface area contributed by atoms with Gasteiger partial charge in [0, 0.05) is 12.7 Å². The zero-order valence-electron chi connectivity index (χ0n) is 11.8. The third-order valence-corrected chi connectivity index (χ3v) is 4.13. The average molecular weight is 300 g/mol. The Morgan fingerprint density at radius 1 is 1.45 bits per heavy atom. The molecule has 1 rings (SSSR count). The molecule has 8 heteroatoms. The van der Waals surface area contributed by atoms with Crippen molar-refractivity contribution in [2.75, 3.05) is 11.9 Å². The van der Waals surface area contributed by atoms with Crippen molar-refractivity contribution in [3.05, 3.63) is 18.3 Å². The van der Waals surface area contributed by atoms with Crippen molar-refractivity contribution in [1.82, 2.24) is 9.71 Å². The zero-order valence-corrected chi connectivity index (χ0v) is 12.6. The summed E-state index contributed by atoms with van der Waals surface area (Å²) in [6, 6.07) is 1.98. The minimum Gasteiger partial charge on any atom is -0.369 e. The number of rotatable bonds is 7. The third-order valence-electron chi connectivity index (χ3n) is 2.66. The second-order valence-corrected chi connectivity index (χ2v) is 6.31. The van der Waals surface area contributed by atoms with Crippen LogP contribution in [0.25, 0.3) is 0 Å². The van der Waals surface area contributed by atoms with Crippen LogP contribution in [0.4, 0.5) is 5.82 Å². The first-order valence-electron chi connectivity index (χ1n) is 6.30. The first-order chi connectivity index (χ1) is 9.29. The van der Waals surface area contributed by atoms with Crippen molar-refractivity contribution < 1.29 is 13.2 Å². The number of nitrogens with two attached hydrogens (primary N) is 1. The number of carbonyl (C=O) groups is 1. The van der Waals surface area contributed by atoms with Crippen molar-refractivity contribution in [2.45, 2.75) is 31.7 Å². The van der Waals surface area contributed by atoms with E-state index in [4.69, 9.17) is 5.73 Å². The Hall–Kier alpha value is -1.67. The number of nitrogens with zero attached hydrogens (tertiary/aromatic N) is 1. The topological polar surface area (TPSA) is 114 Å². The van der Waals surface area contributed by atoms with E-state index in [1.165, 1.54) is 18.3 Å². The van der Waals surface area contributed by atoms with Crippen molar-refractivity contribution in [2.24, 2.45) is 11.7 Å². The maximum absolute atomic E-state index is 12.3. The summed E-state index contributed by atoms with van der Waals surface area (Å²) in [4.78, 5) is 15.3. The molecule has 0 saturated carbocycles. The molecule has 1 atom stereocenters. The molecule has 0 saturated heterocycles. The van der Waals surface area contributed by atoms with Crippen molar-refractivity contribution >= 4 is 21.7 Å². The Morgan fingerprint density at radius 3 is 2.60 bits per heavy atom. The smallest absolute Gasteiger partial charge is 0.244 e. The van der Waals surface area contributed by atoms with Gasteiger partial charge >= 0.3 is 0 Å². The summed E-state index contributed by atoms with van der Waals surface area (Å²) in [6.45, 7) is 5.79. The summed E-state index contributed by atoms with van der Waals surface area (Å²) in [5.74, 6) is -0.714. The van der Waals surface area contributed by atoms with Gasteiger partial charge in [0.2, 0.25) is 15.9 Å². The predicted molar refractivity (Wildman–Crippen MR) is 76.5 cm³/mol. The van der Waals surface area contributed by atoms with Gasteiger partial charge in [0.15, 0.2) is 0 Å². The first kappa shape index (κ1) is 16.4. The van der Waals surface area contributed by atoms with Crippen LogP contribution >= 0.6 is 0 Å². The van der Waals surface area contributed by atoms with Gasteiger partial charge in [0.1, 0.15) is 16.8 Å². The highest BCUT2D eigenvalue weighted by molar-refractivity contribution is 7.89. The van der Waals surface area contributed by atoms with Gasteiger partial charge in [-0.05, 0) is 25.0 Å². The van der Waals surface area contributed by atoms with Crippen LogP contribution in [0, 0.1) is 5.92 Å². The van der Waals surface area contributed by atoms with Crippen LogP contribution in [0.1, 0.15) is 20.8 Å². The standard InChI is InChI=1S/C12H20N4O3S/c1-4-14-12-9(6-5-7-15-12)20(18,19)16-10(8(2)3)11(13)17/h5-8,10,16H,4H2,1-3H3,(H2,13,17)(H,14,15). The highest BCUT2D eigenvalue weighted by atomic mass is 32.2. The van der Waals surface area contributed by atoms with E-state index in [1.807, 2.05) is 6.92 Å². The monoisotopic (exact) mass is 300 g/mol. The molecule has 0 aromatic carbocycles. The molecule has 0 aliphatic carbocycles. The largest absolute Gasteiger partial charge is 0.369 e. The summed E-state index contributed by atoms with van der Waals surface area (Å²) < 4.78 is 27.0. The molecular weight excluding hydrogens is 280 g/mol. The van der Waals surface area contributed by atoms with Crippen LogP contribution in [-0.2, 0) is 14.8 Å². The number of primary amides is 1. The lowest BCUT2D eigenvalue weighted by Crippen LogP contribution is -2.47. The van der Waals surface area contributed by atoms with E-state index in [1.54, 1.807) is 13.8 Å². The lowest BCUT2D eigenvalue weighted by Gasteiger charge is -2.19. The number of aromatic nitrogens is 1. The molecule has 1 unspecified atom stereocenters. The summed E-state index contributed by atoms with van der Waals surface area (Å²) >= 11 is 0. The molecule has 1 heterocycles. The molecule has 7 nitrogen and oxygen atoms in total. The molecular formula is C12H20N4O3S. The summed E-state index contributed by atoms with van der Waals surface area (Å²) in [6.07, 6.45) is 1.49. The molecule has 0 spiro atoms. The SMILES string of the molecule is CCNc1ncccc1S(=O)(=O)NC(C(N)=O)C(C)C. The highest BCUT2D eigenvalue weighted by Gasteiger charge is 2.28. The number of carbonyl (C=O) groups excluding carboxylic acids is 1. The third kappa shape index (κ3) is 3.91. The van der Waals surface area contributed by atoms with E-state index in [-0.39, 0.29) is 16.6 Å². The molecule has 0 aliphatic rings. The number of nitrogens with one attached hydrogen (secondary N) is 2. The molecule has 1 aromatic rings. The van der Waals surface area contributed by atoms with E-state index < -0.39 is 22.0 Å². The van der Waals surface area contributed by atoms with Gasteiger partial charge in [-0.2, -0.15) is 4.72 Å². The molecule has 20 heavy (non-hydrogen) atoms. The fraction of sp³-hybridized carbons (Fsp3) is 0.500. The number of amides is 1. The van der Waals surface area contributed by atoms with Crippen LogP contribution in [0.2, 0.25) is 0 Å². The Morgan fingerprint density at radius 2 is 2.10 bits per heavy atom. The summed E-state index contributed by atoms with van der Waals surface area (Å²) in [7, 11) is -3.88. The molecule has 0 radical (unpaired) electrons. The lowest BCUT2D eigenvalue weighted by molar-refractivity contribution is -0.120. The van der Waals surface area contributed by atoms with Crippen molar-refractivity contribution in [1.29, 1.82) is 0 Å². The van der Waals surface area contributed by atoms with Crippen molar-refractivity contribution in [3.63, 3.8) is 0 Å². The molecule has 1 aromatic heterocycles. The average Bonchev–Trinajstić information content (AvgIpc) is 2.36.